The minimum atomic E-state index is -0.871. The third-order valence-corrected chi connectivity index (χ3v) is 2.92. The van der Waals surface area contributed by atoms with Crippen molar-refractivity contribution in [2.75, 3.05) is 5.32 Å². The van der Waals surface area contributed by atoms with Crippen molar-refractivity contribution < 1.29 is 18.7 Å². The van der Waals surface area contributed by atoms with Crippen molar-refractivity contribution >= 4 is 11.6 Å². The molecule has 2 aromatic rings. The van der Waals surface area contributed by atoms with Gasteiger partial charge in [-0.3, -0.25) is 4.79 Å². The van der Waals surface area contributed by atoms with Crippen molar-refractivity contribution in [1.82, 2.24) is 0 Å². The zero-order chi connectivity index (χ0) is 14.7. The van der Waals surface area contributed by atoms with Crippen LogP contribution < -0.4 is 5.32 Å². The fourth-order valence-corrected chi connectivity index (χ4v) is 1.78. The molecule has 0 saturated carbocycles. The third-order valence-electron chi connectivity index (χ3n) is 2.92. The van der Waals surface area contributed by atoms with Gasteiger partial charge in [0.05, 0.1) is 5.56 Å². The average molecular weight is 277 g/mol. The predicted octanol–water partition coefficient (Wildman–Crippen LogP) is 3.49. The van der Waals surface area contributed by atoms with Crippen molar-refractivity contribution in [3.05, 3.63) is 59.2 Å². The second-order valence-electron chi connectivity index (χ2n) is 4.26. The minimum Gasteiger partial charge on any atom is -0.507 e. The highest BCUT2D eigenvalue weighted by Crippen LogP contribution is 2.23. The van der Waals surface area contributed by atoms with Crippen molar-refractivity contribution in [3.8, 4) is 5.75 Å². The van der Waals surface area contributed by atoms with Crippen LogP contribution in [0.2, 0.25) is 0 Å². The number of para-hydroxylation sites is 1. The number of hydrogen-bond donors (Lipinski definition) is 2. The standard InChI is InChI=1S/C15H13F2NO2/c1-2-9-6-7-13(19)10(8-9)15(20)18-14-11(16)4-3-5-12(14)17/h3-8,19H,2H2,1H3,(H,18,20). The molecule has 0 spiro atoms. The SMILES string of the molecule is CCc1ccc(O)c(C(=O)Nc2c(F)cccc2F)c1. The lowest BCUT2D eigenvalue weighted by Crippen LogP contribution is -2.14. The molecule has 0 aromatic heterocycles. The molecule has 2 N–H and O–H groups in total. The number of carbonyl (C=O) groups is 1. The van der Waals surface area contributed by atoms with E-state index in [9.17, 15) is 18.7 Å². The van der Waals surface area contributed by atoms with E-state index in [-0.39, 0.29) is 11.3 Å². The van der Waals surface area contributed by atoms with Gasteiger partial charge in [-0.15, -0.1) is 0 Å². The first-order chi connectivity index (χ1) is 9.52. The number of phenolic OH excluding ortho intramolecular Hbond substituents is 1. The second kappa shape index (κ2) is 5.69. The van der Waals surface area contributed by atoms with Gasteiger partial charge in [-0.05, 0) is 36.2 Å². The van der Waals surface area contributed by atoms with Crippen LogP contribution in [-0.2, 0) is 6.42 Å². The van der Waals surface area contributed by atoms with Crippen LogP contribution in [0.1, 0.15) is 22.8 Å². The molecule has 0 saturated heterocycles. The van der Waals surface area contributed by atoms with Gasteiger partial charge in [-0.25, -0.2) is 8.78 Å². The topological polar surface area (TPSA) is 49.3 Å². The molecule has 0 bridgehead atoms. The molecule has 0 heterocycles. The number of amides is 1. The summed E-state index contributed by atoms with van der Waals surface area (Å²) in [5.74, 6) is -2.74. The van der Waals surface area contributed by atoms with E-state index < -0.39 is 23.2 Å². The Labute approximate surface area is 114 Å². The number of benzene rings is 2. The van der Waals surface area contributed by atoms with E-state index in [1.165, 1.54) is 18.2 Å². The van der Waals surface area contributed by atoms with Crippen molar-refractivity contribution in [3.63, 3.8) is 0 Å². The van der Waals surface area contributed by atoms with E-state index in [0.717, 1.165) is 17.7 Å². The maximum atomic E-state index is 13.5. The summed E-state index contributed by atoms with van der Waals surface area (Å²) in [6.45, 7) is 1.89. The zero-order valence-corrected chi connectivity index (χ0v) is 10.8. The molecule has 0 unspecified atom stereocenters. The number of halogens is 2. The Hall–Kier alpha value is -2.43. The Kier molecular flexibility index (Phi) is 3.98. The summed E-state index contributed by atoms with van der Waals surface area (Å²) in [5.41, 5.74) is 0.285. The molecule has 5 heteroatoms. The Morgan fingerprint density at radius 2 is 1.85 bits per heavy atom. The number of aryl methyl sites for hydroxylation is 1. The molecule has 0 radical (unpaired) electrons. The number of anilines is 1. The molecule has 2 aromatic carbocycles. The average Bonchev–Trinajstić information content (AvgIpc) is 2.43. The van der Waals surface area contributed by atoms with Crippen LogP contribution in [-0.4, -0.2) is 11.0 Å². The van der Waals surface area contributed by atoms with Crippen LogP contribution in [0.15, 0.2) is 36.4 Å². The molecule has 0 fully saturated rings. The second-order valence-corrected chi connectivity index (χ2v) is 4.26. The Morgan fingerprint density at radius 1 is 1.20 bits per heavy atom. The number of nitrogens with one attached hydrogen (secondary N) is 1. The zero-order valence-electron chi connectivity index (χ0n) is 10.8. The number of phenols is 1. The van der Waals surface area contributed by atoms with Gasteiger partial charge in [-0.1, -0.05) is 19.1 Å². The lowest BCUT2D eigenvalue weighted by atomic mass is 10.1. The highest BCUT2D eigenvalue weighted by atomic mass is 19.1. The van der Waals surface area contributed by atoms with Crippen LogP contribution in [0.25, 0.3) is 0 Å². The summed E-state index contributed by atoms with van der Waals surface area (Å²) in [6, 6.07) is 7.84. The first kappa shape index (κ1) is 14.0. The van der Waals surface area contributed by atoms with E-state index in [2.05, 4.69) is 5.32 Å². The van der Waals surface area contributed by atoms with E-state index in [0.29, 0.717) is 6.42 Å². The molecule has 0 aliphatic heterocycles. The largest absolute Gasteiger partial charge is 0.507 e. The first-order valence-corrected chi connectivity index (χ1v) is 6.10. The minimum absolute atomic E-state index is 0.0213. The summed E-state index contributed by atoms with van der Waals surface area (Å²) < 4.78 is 26.9. The summed E-state index contributed by atoms with van der Waals surface area (Å²) >= 11 is 0. The lowest BCUT2D eigenvalue weighted by Gasteiger charge is -2.09. The van der Waals surface area contributed by atoms with Crippen molar-refractivity contribution in [2.24, 2.45) is 0 Å². The van der Waals surface area contributed by atoms with Crippen molar-refractivity contribution in [1.29, 1.82) is 0 Å². The first-order valence-electron chi connectivity index (χ1n) is 6.10. The highest BCUT2D eigenvalue weighted by molar-refractivity contribution is 6.06. The van der Waals surface area contributed by atoms with Gasteiger partial charge in [0.1, 0.15) is 23.1 Å². The van der Waals surface area contributed by atoms with Gasteiger partial charge < -0.3 is 10.4 Å². The summed E-state index contributed by atoms with van der Waals surface area (Å²) in [7, 11) is 0. The van der Waals surface area contributed by atoms with Crippen LogP contribution >= 0.6 is 0 Å². The predicted molar refractivity (Wildman–Crippen MR) is 71.8 cm³/mol. The fraction of sp³-hybridized carbons (Fsp3) is 0.133. The Morgan fingerprint density at radius 3 is 2.45 bits per heavy atom. The van der Waals surface area contributed by atoms with Crippen LogP contribution in [0.4, 0.5) is 14.5 Å². The number of carbonyl (C=O) groups excluding carboxylic acids is 1. The molecule has 1 amide bonds. The Bertz CT molecular complexity index is 636. The highest BCUT2D eigenvalue weighted by Gasteiger charge is 2.16. The van der Waals surface area contributed by atoms with E-state index >= 15 is 0 Å². The molecule has 0 atom stereocenters. The molecular formula is C15H13F2NO2. The van der Waals surface area contributed by atoms with E-state index in [4.69, 9.17) is 0 Å². The number of hydrogen-bond acceptors (Lipinski definition) is 2. The summed E-state index contributed by atoms with van der Waals surface area (Å²) in [6.07, 6.45) is 0.675. The van der Waals surface area contributed by atoms with E-state index in [1.54, 1.807) is 6.07 Å². The quantitative estimate of drug-likeness (QED) is 0.902. The van der Waals surface area contributed by atoms with Crippen LogP contribution in [0.3, 0.4) is 0 Å². The fourth-order valence-electron chi connectivity index (χ4n) is 1.78. The molecule has 0 aliphatic carbocycles. The normalized spacial score (nSPS) is 10.3. The van der Waals surface area contributed by atoms with Gasteiger partial charge in [0.15, 0.2) is 0 Å². The molecule has 104 valence electrons. The van der Waals surface area contributed by atoms with Gasteiger partial charge >= 0.3 is 0 Å². The summed E-state index contributed by atoms with van der Waals surface area (Å²) in [4.78, 5) is 12.0. The number of aromatic hydroxyl groups is 1. The molecular weight excluding hydrogens is 264 g/mol. The molecule has 0 aliphatic rings. The smallest absolute Gasteiger partial charge is 0.259 e. The van der Waals surface area contributed by atoms with Gasteiger partial charge in [0.2, 0.25) is 0 Å². The van der Waals surface area contributed by atoms with Crippen molar-refractivity contribution in [2.45, 2.75) is 13.3 Å². The maximum absolute atomic E-state index is 13.5. The molecule has 20 heavy (non-hydrogen) atoms. The number of rotatable bonds is 3. The monoisotopic (exact) mass is 277 g/mol. The van der Waals surface area contributed by atoms with Gasteiger partial charge in [-0.2, -0.15) is 0 Å². The van der Waals surface area contributed by atoms with Crippen LogP contribution in [0.5, 0.6) is 5.75 Å². The molecule has 2 rings (SSSR count). The summed E-state index contributed by atoms with van der Waals surface area (Å²) in [5, 5.41) is 11.8. The van der Waals surface area contributed by atoms with Gasteiger partial charge in [0.25, 0.3) is 5.91 Å². The van der Waals surface area contributed by atoms with E-state index in [1.807, 2.05) is 6.92 Å². The van der Waals surface area contributed by atoms with Crippen LogP contribution in [0, 0.1) is 11.6 Å². The lowest BCUT2D eigenvalue weighted by molar-refractivity contribution is 0.102. The van der Waals surface area contributed by atoms with Gasteiger partial charge in [0, 0.05) is 0 Å². The Balaban J connectivity index is 2.33. The maximum Gasteiger partial charge on any atom is 0.259 e. The third kappa shape index (κ3) is 2.77. The molecule has 3 nitrogen and oxygen atoms in total.